The molecule has 2 unspecified atom stereocenters. The fourth-order valence-electron chi connectivity index (χ4n) is 1.78. The Labute approximate surface area is 83.3 Å². The summed E-state index contributed by atoms with van der Waals surface area (Å²) in [4.78, 5) is 0. The predicted octanol–water partition coefficient (Wildman–Crippen LogP) is 0.259. The topological polar surface area (TPSA) is 66.0 Å². The summed E-state index contributed by atoms with van der Waals surface area (Å²) >= 11 is 0. The maximum Gasteiger partial charge on any atom is 0.161 e. The molecule has 0 bridgehead atoms. The van der Waals surface area contributed by atoms with Gasteiger partial charge in [0.05, 0.1) is 0 Å². The van der Waals surface area contributed by atoms with E-state index in [1.165, 1.54) is 0 Å². The number of nitrogens with two attached hydrogens (primary N) is 1. The van der Waals surface area contributed by atoms with Gasteiger partial charge in [-0.25, -0.2) is 0 Å². The average Bonchev–Trinajstić information content (AvgIpc) is 2.59. The number of fused-ring (bicyclic) bond motifs is 1. The first-order valence-corrected chi connectivity index (χ1v) is 4.92. The second-order valence-electron chi connectivity index (χ2n) is 3.76. The number of aryl methyl sites for hydroxylation is 1. The van der Waals surface area contributed by atoms with Crippen molar-refractivity contribution >= 4 is 0 Å². The summed E-state index contributed by atoms with van der Waals surface area (Å²) in [7, 11) is 1.68. The maximum absolute atomic E-state index is 5.90. The van der Waals surface area contributed by atoms with Gasteiger partial charge < -0.3 is 15.0 Å². The van der Waals surface area contributed by atoms with Gasteiger partial charge in [-0.3, -0.25) is 0 Å². The molecule has 0 amide bonds. The zero-order chi connectivity index (χ0) is 10.1. The molecular formula is C9H16N4O. The number of methoxy groups -OCH3 is 1. The molecule has 2 N–H and O–H groups in total. The molecule has 0 aliphatic carbocycles. The highest BCUT2D eigenvalue weighted by atomic mass is 16.5. The minimum absolute atomic E-state index is 0.0125. The van der Waals surface area contributed by atoms with E-state index < -0.39 is 0 Å². The quantitative estimate of drug-likeness (QED) is 0.736. The van der Waals surface area contributed by atoms with Crippen LogP contribution in [0.25, 0.3) is 0 Å². The molecule has 0 fully saturated rings. The zero-order valence-electron chi connectivity index (χ0n) is 8.60. The van der Waals surface area contributed by atoms with Crippen molar-refractivity contribution in [3.63, 3.8) is 0 Å². The van der Waals surface area contributed by atoms with E-state index in [1.807, 2.05) is 6.92 Å². The summed E-state index contributed by atoms with van der Waals surface area (Å²) in [6.45, 7) is 2.78. The number of rotatable bonds is 2. The Hall–Kier alpha value is -0.940. The predicted molar refractivity (Wildman–Crippen MR) is 51.7 cm³/mol. The number of hydrogen-bond acceptors (Lipinski definition) is 4. The molecule has 0 saturated carbocycles. The molecule has 1 aromatic rings. The van der Waals surface area contributed by atoms with Crippen LogP contribution in [-0.4, -0.2) is 27.9 Å². The Bertz CT molecular complexity index is 323. The lowest BCUT2D eigenvalue weighted by Crippen LogP contribution is -2.33. The molecule has 0 radical (unpaired) electrons. The minimum Gasteiger partial charge on any atom is -0.374 e. The van der Waals surface area contributed by atoms with Crippen LogP contribution < -0.4 is 5.73 Å². The number of nitrogens with zero attached hydrogens (tertiary/aromatic N) is 3. The smallest absolute Gasteiger partial charge is 0.161 e. The van der Waals surface area contributed by atoms with Gasteiger partial charge in [-0.15, -0.1) is 10.2 Å². The van der Waals surface area contributed by atoms with Crippen LogP contribution in [0, 0.1) is 0 Å². The van der Waals surface area contributed by atoms with Gasteiger partial charge >= 0.3 is 0 Å². The first kappa shape index (κ1) is 9.61. The van der Waals surface area contributed by atoms with E-state index >= 15 is 0 Å². The molecule has 2 heterocycles. The SMILES string of the molecule is COC(C)c1nnc2n1CC(N)CC2. The zero-order valence-corrected chi connectivity index (χ0v) is 8.60. The van der Waals surface area contributed by atoms with Gasteiger partial charge in [0.25, 0.3) is 0 Å². The third-order valence-corrected chi connectivity index (χ3v) is 2.73. The Morgan fingerprint density at radius 3 is 3.07 bits per heavy atom. The van der Waals surface area contributed by atoms with E-state index in [9.17, 15) is 0 Å². The highest BCUT2D eigenvalue weighted by Crippen LogP contribution is 2.19. The van der Waals surface area contributed by atoms with Crippen molar-refractivity contribution in [2.45, 2.75) is 38.5 Å². The third kappa shape index (κ3) is 1.53. The first-order valence-electron chi connectivity index (χ1n) is 4.92. The van der Waals surface area contributed by atoms with Crippen LogP contribution in [0.2, 0.25) is 0 Å². The maximum atomic E-state index is 5.90. The number of ether oxygens (including phenoxy) is 1. The molecule has 2 atom stereocenters. The van der Waals surface area contributed by atoms with E-state index in [2.05, 4.69) is 14.8 Å². The average molecular weight is 196 g/mol. The van der Waals surface area contributed by atoms with E-state index in [1.54, 1.807) is 7.11 Å². The third-order valence-electron chi connectivity index (χ3n) is 2.73. The van der Waals surface area contributed by atoms with Crippen molar-refractivity contribution in [2.75, 3.05) is 7.11 Å². The molecular weight excluding hydrogens is 180 g/mol. The summed E-state index contributed by atoms with van der Waals surface area (Å²) in [6, 6.07) is 0.223. The molecule has 5 heteroatoms. The van der Waals surface area contributed by atoms with Gasteiger partial charge in [0, 0.05) is 26.1 Å². The van der Waals surface area contributed by atoms with Crippen LogP contribution >= 0.6 is 0 Å². The molecule has 0 saturated heterocycles. The number of hydrogen-bond donors (Lipinski definition) is 1. The first-order chi connectivity index (χ1) is 6.72. The lowest BCUT2D eigenvalue weighted by atomic mass is 10.1. The van der Waals surface area contributed by atoms with Crippen molar-refractivity contribution in [1.82, 2.24) is 14.8 Å². The van der Waals surface area contributed by atoms with E-state index in [-0.39, 0.29) is 12.1 Å². The van der Waals surface area contributed by atoms with Gasteiger partial charge in [-0.2, -0.15) is 0 Å². The molecule has 1 aliphatic rings. The van der Waals surface area contributed by atoms with Crippen molar-refractivity contribution in [3.05, 3.63) is 11.6 Å². The molecule has 1 aliphatic heterocycles. The van der Waals surface area contributed by atoms with Crippen molar-refractivity contribution in [3.8, 4) is 0 Å². The fraction of sp³-hybridized carbons (Fsp3) is 0.778. The van der Waals surface area contributed by atoms with Crippen molar-refractivity contribution in [2.24, 2.45) is 5.73 Å². The van der Waals surface area contributed by atoms with E-state index in [4.69, 9.17) is 10.5 Å². The van der Waals surface area contributed by atoms with Crippen molar-refractivity contribution in [1.29, 1.82) is 0 Å². The summed E-state index contributed by atoms with van der Waals surface area (Å²) in [5.41, 5.74) is 5.90. The van der Waals surface area contributed by atoms with Gasteiger partial charge in [0.2, 0.25) is 0 Å². The summed E-state index contributed by atoms with van der Waals surface area (Å²) in [6.07, 6.45) is 1.91. The van der Waals surface area contributed by atoms with E-state index in [0.717, 1.165) is 31.0 Å². The van der Waals surface area contributed by atoms with Gasteiger partial charge in [-0.1, -0.05) is 0 Å². The monoisotopic (exact) mass is 196 g/mol. The molecule has 78 valence electrons. The second kappa shape index (κ2) is 3.67. The molecule has 14 heavy (non-hydrogen) atoms. The van der Waals surface area contributed by atoms with E-state index in [0.29, 0.717) is 0 Å². The Balaban J connectivity index is 2.30. The molecule has 1 aromatic heterocycles. The van der Waals surface area contributed by atoms with Crippen LogP contribution in [-0.2, 0) is 17.7 Å². The fourth-order valence-corrected chi connectivity index (χ4v) is 1.78. The second-order valence-corrected chi connectivity index (χ2v) is 3.76. The normalized spacial score (nSPS) is 23.2. The van der Waals surface area contributed by atoms with Crippen LogP contribution in [0.1, 0.15) is 31.1 Å². The highest BCUT2D eigenvalue weighted by molar-refractivity contribution is 5.02. The van der Waals surface area contributed by atoms with Gasteiger partial charge in [0.1, 0.15) is 11.9 Å². The standard InChI is InChI=1S/C9H16N4O/c1-6(14-2)9-12-11-8-4-3-7(10)5-13(8)9/h6-7H,3-5,10H2,1-2H3. The van der Waals surface area contributed by atoms with Crippen LogP contribution in [0.15, 0.2) is 0 Å². The minimum atomic E-state index is -0.0125. The Morgan fingerprint density at radius 1 is 1.57 bits per heavy atom. The Kier molecular flexibility index (Phi) is 2.52. The Morgan fingerprint density at radius 2 is 2.36 bits per heavy atom. The van der Waals surface area contributed by atoms with Crippen LogP contribution in [0.5, 0.6) is 0 Å². The van der Waals surface area contributed by atoms with Gasteiger partial charge in [0.15, 0.2) is 5.82 Å². The number of aromatic nitrogens is 3. The highest BCUT2D eigenvalue weighted by Gasteiger charge is 2.22. The summed E-state index contributed by atoms with van der Waals surface area (Å²) < 4.78 is 7.32. The van der Waals surface area contributed by atoms with Crippen LogP contribution in [0.4, 0.5) is 0 Å². The summed E-state index contributed by atoms with van der Waals surface area (Å²) in [5, 5.41) is 8.27. The van der Waals surface area contributed by atoms with Crippen molar-refractivity contribution < 1.29 is 4.74 Å². The molecule has 2 rings (SSSR count). The lowest BCUT2D eigenvalue weighted by molar-refractivity contribution is 0.107. The lowest BCUT2D eigenvalue weighted by Gasteiger charge is -2.22. The van der Waals surface area contributed by atoms with Crippen LogP contribution in [0.3, 0.4) is 0 Å². The molecule has 5 nitrogen and oxygen atoms in total. The largest absolute Gasteiger partial charge is 0.374 e. The molecule has 0 spiro atoms. The van der Waals surface area contributed by atoms with Gasteiger partial charge in [-0.05, 0) is 13.3 Å². The molecule has 0 aromatic carbocycles. The summed E-state index contributed by atoms with van der Waals surface area (Å²) in [5.74, 6) is 1.92.